The zero-order valence-corrected chi connectivity index (χ0v) is 13.3. The van der Waals surface area contributed by atoms with Crippen LogP contribution in [0.1, 0.15) is 38.5 Å². The van der Waals surface area contributed by atoms with Gasteiger partial charge in [0.1, 0.15) is 0 Å². The highest BCUT2D eigenvalue weighted by atomic mass is 32.1. The van der Waals surface area contributed by atoms with Crippen LogP contribution in [-0.2, 0) is 4.79 Å². The molecule has 1 N–H and O–H groups in total. The molecule has 1 heterocycles. The van der Waals surface area contributed by atoms with E-state index in [1.54, 1.807) is 0 Å². The van der Waals surface area contributed by atoms with Crippen molar-refractivity contribution in [1.82, 2.24) is 0 Å². The van der Waals surface area contributed by atoms with E-state index in [0.717, 1.165) is 21.0 Å². The average molecular weight is 301 g/mol. The minimum atomic E-state index is -0.125. The molecule has 2 rings (SSSR count). The maximum Gasteiger partial charge on any atom is 0.224 e. The van der Waals surface area contributed by atoms with Gasteiger partial charge in [0.15, 0.2) is 5.78 Å². The Morgan fingerprint density at radius 3 is 2.38 bits per heavy atom. The first-order valence-electron chi connectivity index (χ1n) is 6.92. The first-order chi connectivity index (χ1) is 9.95. The lowest BCUT2D eigenvalue weighted by molar-refractivity contribution is -0.116. The van der Waals surface area contributed by atoms with Crippen LogP contribution in [0.2, 0.25) is 0 Å². The van der Waals surface area contributed by atoms with E-state index in [0.29, 0.717) is 0 Å². The normalized spacial score (nSPS) is 10.4. The van der Waals surface area contributed by atoms with Gasteiger partial charge in [-0.05, 0) is 56.2 Å². The molecule has 0 saturated heterocycles. The van der Waals surface area contributed by atoms with Crippen molar-refractivity contribution in [3.8, 4) is 0 Å². The molecule has 21 heavy (non-hydrogen) atoms. The summed E-state index contributed by atoms with van der Waals surface area (Å²) in [5, 5.41) is 2.83. The van der Waals surface area contributed by atoms with E-state index in [4.69, 9.17) is 0 Å². The SMILES string of the molecule is Cc1ccc(C(=O)CCC(=O)Nc2ccc(C)c(C)c2)s1. The van der Waals surface area contributed by atoms with Gasteiger partial charge in [0, 0.05) is 23.4 Å². The van der Waals surface area contributed by atoms with Crippen molar-refractivity contribution < 1.29 is 9.59 Å². The van der Waals surface area contributed by atoms with Crippen LogP contribution in [-0.4, -0.2) is 11.7 Å². The number of thiophene rings is 1. The Bertz CT molecular complexity index is 673. The van der Waals surface area contributed by atoms with Gasteiger partial charge in [0.2, 0.25) is 5.91 Å². The standard InChI is InChI=1S/C17H19NO2S/c1-11-4-6-14(10-12(11)2)18-17(20)9-7-15(19)16-8-5-13(3)21-16/h4-6,8,10H,7,9H2,1-3H3,(H,18,20). The Balaban J connectivity index is 1.87. The van der Waals surface area contributed by atoms with Gasteiger partial charge in [-0.3, -0.25) is 9.59 Å². The molecule has 1 aromatic carbocycles. The topological polar surface area (TPSA) is 46.2 Å². The van der Waals surface area contributed by atoms with Crippen LogP contribution in [0.3, 0.4) is 0 Å². The van der Waals surface area contributed by atoms with Crippen LogP contribution in [0.15, 0.2) is 30.3 Å². The summed E-state index contributed by atoms with van der Waals surface area (Å²) in [4.78, 5) is 25.7. The molecule has 0 saturated carbocycles. The van der Waals surface area contributed by atoms with Gasteiger partial charge < -0.3 is 5.32 Å². The number of hydrogen-bond acceptors (Lipinski definition) is 3. The molecule has 0 spiro atoms. The maximum atomic E-state index is 11.9. The van der Waals surface area contributed by atoms with Crippen molar-refractivity contribution in [2.45, 2.75) is 33.6 Å². The maximum absolute atomic E-state index is 11.9. The second-order valence-electron chi connectivity index (χ2n) is 5.18. The zero-order chi connectivity index (χ0) is 15.4. The average Bonchev–Trinajstić information content (AvgIpc) is 2.87. The Hall–Kier alpha value is -1.94. The van der Waals surface area contributed by atoms with E-state index in [1.807, 2.05) is 51.1 Å². The van der Waals surface area contributed by atoms with Gasteiger partial charge in [-0.1, -0.05) is 6.07 Å². The van der Waals surface area contributed by atoms with Gasteiger partial charge in [-0.15, -0.1) is 11.3 Å². The van der Waals surface area contributed by atoms with Crippen molar-refractivity contribution >= 4 is 28.7 Å². The molecule has 3 nitrogen and oxygen atoms in total. The number of nitrogens with one attached hydrogen (secondary N) is 1. The molecule has 1 amide bonds. The number of anilines is 1. The van der Waals surface area contributed by atoms with Gasteiger partial charge in [0.05, 0.1) is 4.88 Å². The summed E-state index contributed by atoms with van der Waals surface area (Å²) < 4.78 is 0. The van der Waals surface area contributed by atoms with Gasteiger partial charge in [-0.2, -0.15) is 0 Å². The third kappa shape index (κ3) is 4.26. The molecule has 1 aromatic heterocycles. The molecular weight excluding hydrogens is 282 g/mol. The molecule has 2 aromatic rings. The summed E-state index contributed by atoms with van der Waals surface area (Å²) in [6.07, 6.45) is 0.458. The van der Waals surface area contributed by atoms with Crippen LogP contribution >= 0.6 is 11.3 Å². The number of hydrogen-bond donors (Lipinski definition) is 1. The van der Waals surface area contributed by atoms with E-state index in [-0.39, 0.29) is 24.5 Å². The lowest BCUT2D eigenvalue weighted by atomic mass is 10.1. The smallest absolute Gasteiger partial charge is 0.224 e. The zero-order valence-electron chi connectivity index (χ0n) is 12.5. The minimum Gasteiger partial charge on any atom is -0.326 e. The van der Waals surface area contributed by atoms with Gasteiger partial charge in [-0.25, -0.2) is 0 Å². The number of ketones is 1. The highest BCUT2D eigenvalue weighted by Gasteiger charge is 2.11. The molecule has 0 fully saturated rings. The fourth-order valence-electron chi connectivity index (χ4n) is 1.98. The molecule has 0 unspecified atom stereocenters. The predicted molar refractivity (Wildman–Crippen MR) is 87.2 cm³/mol. The number of Topliss-reactive ketones (excluding diaryl/α,β-unsaturated/α-hetero) is 1. The van der Waals surface area contributed by atoms with Crippen LogP contribution in [0.25, 0.3) is 0 Å². The highest BCUT2D eigenvalue weighted by molar-refractivity contribution is 7.14. The third-order valence-electron chi connectivity index (χ3n) is 3.38. The van der Waals surface area contributed by atoms with Crippen molar-refractivity contribution in [3.05, 3.63) is 51.2 Å². The summed E-state index contributed by atoms with van der Waals surface area (Å²) >= 11 is 1.47. The number of aryl methyl sites for hydroxylation is 3. The molecule has 0 aliphatic rings. The van der Waals surface area contributed by atoms with Gasteiger partial charge >= 0.3 is 0 Å². The minimum absolute atomic E-state index is 0.0309. The van der Waals surface area contributed by atoms with Gasteiger partial charge in [0.25, 0.3) is 0 Å². The molecule has 0 aliphatic carbocycles. The van der Waals surface area contributed by atoms with E-state index in [2.05, 4.69) is 5.32 Å². The van der Waals surface area contributed by atoms with E-state index < -0.39 is 0 Å². The molecule has 0 radical (unpaired) electrons. The van der Waals surface area contributed by atoms with Crippen LogP contribution in [0, 0.1) is 20.8 Å². The van der Waals surface area contributed by atoms with E-state index in [9.17, 15) is 9.59 Å². The van der Waals surface area contributed by atoms with E-state index in [1.165, 1.54) is 16.9 Å². The van der Waals surface area contributed by atoms with Crippen LogP contribution in [0.4, 0.5) is 5.69 Å². The molecule has 0 atom stereocenters. The number of carbonyl (C=O) groups excluding carboxylic acids is 2. The van der Waals surface area contributed by atoms with Crippen molar-refractivity contribution in [3.63, 3.8) is 0 Å². The Morgan fingerprint density at radius 1 is 1.00 bits per heavy atom. The Morgan fingerprint density at radius 2 is 1.76 bits per heavy atom. The predicted octanol–water partition coefficient (Wildman–Crippen LogP) is 4.27. The Kier molecular flexibility index (Phi) is 4.91. The fraction of sp³-hybridized carbons (Fsp3) is 0.294. The molecule has 4 heteroatoms. The first kappa shape index (κ1) is 15.4. The molecule has 0 aliphatic heterocycles. The number of carbonyl (C=O) groups is 2. The van der Waals surface area contributed by atoms with Crippen LogP contribution in [0.5, 0.6) is 0 Å². The summed E-state index contributed by atoms with van der Waals surface area (Å²) in [5.41, 5.74) is 3.11. The van der Waals surface area contributed by atoms with Crippen molar-refractivity contribution in [2.24, 2.45) is 0 Å². The fourth-order valence-corrected chi connectivity index (χ4v) is 2.81. The molecular formula is C17H19NO2S. The van der Waals surface area contributed by atoms with E-state index >= 15 is 0 Å². The number of rotatable bonds is 5. The summed E-state index contributed by atoms with van der Waals surface area (Å²) in [5.74, 6) is -0.0942. The first-order valence-corrected chi connectivity index (χ1v) is 7.74. The highest BCUT2D eigenvalue weighted by Crippen LogP contribution is 2.18. The molecule has 0 bridgehead atoms. The summed E-state index contributed by atoms with van der Waals surface area (Å²) in [7, 11) is 0. The molecule has 110 valence electrons. The summed E-state index contributed by atoms with van der Waals surface area (Å²) in [6, 6.07) is 9.55. The number of amides is 1. The lowest BCUT2D eigenvalue weighted by Crippen LogP contribution is -2.13. The Labute approximate surface area is 129 Å². The second-order valence-corrected chi connectivity index (χ2v) is 6.47. The monoisotopic (exact) mass is 301 g/mol. The quantitative estimate of drug-likeness (QED) is 0.838. The van der Waals surface area contributed by atoms with Crippen molar-refractivity contribution in [1.29, 1.82) is 0 Å². The lowest BCUT2D eigenvalue weighted by Gasteiger charge is -2.07. The van der Waals surface area contributed by atoms with Crippen molar-refractivity contribution in [2.75, 3.05) is 5.32 Å². The van der Waals surface area contributed by atoms with Crippen LogP contribution < -0.4 is 5.32 Å². The largest absolute Gasteiger partial charge is 0.326 e. The second kappa shape index (κ2) is 6.68. The summed E-state index contributed by atoms with van der Waals surface area (Å²) in [6.45, 7) is 6.00. The number of benzene rings is 1. The third-order valence-corrected chi connectivity index (χ3v) is 4.43.